The molecule has 0 N–H and O–H groups in total. The lowest BCUT2D eigenvalue weighted by Crippen LogP contribution is -2.41. The molecule has 136 valence electrons. The number of nitrogens with zero attached hydrogens (tertiary/aromatic N) is 2. The van der Waals surface area contributed by atoms with Crippen molar-refractivity contribution in [3.63, 3.8) is 0 Å². The van der Waals surface area contributed by atoms with Crippen molar-refractivity contribution in [1.29, 1.82) is 0 Å². The molecule has 0 bridgehead atoms. The van der Waals surface area contributed by atoms with Crippen molar-refractivity contribution >= 4 is 33.0 Å². The third-order valence-electron chi connectivity index (χ3n) is 4.01. The third-order valence-corrected chi connectivity index (χ3v) is 6.36. The highest BCUT2D eigenvalue weighted by atomic mass is 35.5. The van der Waals surface area contributed by atoms with E-state index in [1.165, 1.54) is 0 Å². The summed E-state index contributed by atoms with van der Waals surface area (Å²) >= 11 is 11.9. The maximum atomic E-state index is 11.4. The summed E-state index contributed by atoms with van der Waals surface area (Å²) in [4.78, 5) is 2.09. The van der Waals surface area contributed by atoms with Gasteiger partial charge in [0.2, 0.25) is 0 Å². The molecule has 0 radical (unpaired) electrons. The Labute approximate surface area is 156 Å². The highest BCUT2D eigenvalue weighted by molar-refractivity contribution is 7.91. The van der Waals surface area contributed by atoms with Gasteiger partial charge >= 0.3 is 0 Å². The summed E-state index contributed by atoms with van der Waals surface area (Å²) in [5.41, 5.74) is 1.48. The van der Waals surface area contributed by atoms with Crippen LogP contribution in [-0.2, 0) is 21.2 Å². The highest BCUT2D eigenvalue weighted by Gasteiger charge is 2.21. The quantitative estimate of drug-likeness (QED) is 0.689. The van der Waals surface area contributed by atoms with Gasteiger partial charge in [-0.3, -0.25) is 4.90 Å². The molecule has 1 aromatic heterocycles. The molecular formula is C16H18Cl2N2O4S. The van der Waals surface area contributed by atoms with Gasteiger partial charge in [-0.15, -0.1) is 0 Å². The zero-order valence-corrected chi connectivity index (χ0v) is 15.8. The molecule has 0 saturated carbocycles. The van der Waals surface area contributed by atoms with Crippen molar-refractivity contribution < 1.29 is 17.7 Å². The SMILES string of the molecule is O=S1(=O)CCN(CCOCc2cc(-c3ccc(Cl)c(Cl)c3)no2)CC1. The van der Waals surface area contributed by atoms with Crippen molar-refractivity contribution in [2.75, 3.05) is 37.7 Å². The third kappa shape index (κ3) is 5.18. The van der Waals surface area contributed by atoms with E-state index >= 15 is 0 Å². The second-order valence-corrected chi connectivity index (χ2v) is 8.97. The first-order valence-corrected chi connectivity index (χ1v) is 10.4. The maximum Gasteiger partial charge on any atom is 0.163 e. The van der Waals surface area contributed by atoms with Crippen LogP contribution in [0.4, 0.5) is 0 Å². The van der Waals surface area contributed by atoms with Gasteiger partial charge < -0.3 is 9.26 Å². The van der Waals surface area contributed by atoms with Crippen LogP contribution in [0, 0.1) is 0 Å². The Morgan fingerprint density at radius 3 is 2.64 bits per heavy atom. The van der Waals surface area contributed by atoms with E-state index in [0.717, 1.165) is 5.56 Å². The molecule has 25 heavy (non-hydrogen) atoms. The maximum absolute atomic E-state index is 11.4. The first kappa shape index (κ1) is 18.7. The Hall–Kier alpha value is -1.12. The number of halogens is 2. The van der Waals surface area contributed by atoms with Crippen molar-refractivity contribution in [1.82, 2.24) is 10.1 Å². The van der Waals surface area contributed by atoms with Crippen LogP contribution in [0.25, 0.3) is 11.3 Å². The van der Waals surface area contributed by atoms with Crippen molar-refractivity contribution in [3.05, 3.63) is 40.1 Å². The minimum absolute atomic E-state index is 0.224. The Morgan fingerprint density at radius 1 is 1.16 bits per heavy atom. The van der Waals surface area contributed by atoms with Crippen LogP contribution >= 0.6 is 23.2 Å². The van der Waals surface area contributed by atoms with E-state index < -0.39 is 9.84 Å². The number of aromatic nitrogens is 1. The minimum atomic E-state index is -2.84. The topological polar surface area (TPSA) is 72.6 Å². The Bertz CT molecular complexity index is 824. The summed E-state index contributed by atoms with van der Waals surface area (Å²) in [6, 6.07) is 7.06. The van der Waals surface area contributed by atoms with Gasteiger partial charge in [0.25, 0.3) is 0 Å². The summed E-state index contributed by atoms with van der Waals surface area (Å²) in [6.07, 6.45) is 0. The summed E-state index contributed by atoms with van der Waals surface area (Å²) in [5, 5.41) is 4.96. The Balaban J connectivity index is 1.45. The van der Waals surface area contributed by atoms with Gasteiger partial charge in [-0.25, -0.2) is 8.42 Å². The standard InChI is InChI=1S/C16H18Cl2N2O4S/c17-14-2-1-12(9-15(14)18)16-10-13(24-19-16)11-23-6-3-20-4-7-25(21,22)8-5-20/h1-2,9-10H,3-8,11H2. The average molecular weight is 405 g/mol. The summed E-state index contributed by atoms with van der Waals surface area (Å²) in [7, 11) is -2.84. The zero-order valence-electron chi connectivity index (χ0n) is 13.5. The van der Waals surface area contributed by atoms with E-state index in [4.69, 9.17) is 32.5 Å². The number of benzene rings is 1. The molecule has 0 aliphatic carbocycles. The Kier molecular flexibility index (Phi) is 6.01. The van der Waals surface area contributed by atoms with E-state index in [9.17, 15) is 8.42 Å². The van der Waals surface area contributed by atoms with Crippen molar-refractivity contribution in [3.8, 4) is 11.3 Å². The molecular weight excluding hydrogens is 387 g/mol. The summed E-state index contributed by atoms with van der Waals surface area (Å²) in [5.74, 6) is 1.06. The van der Waals surface area contributed by atoms with E-state index in [0.29, 0.717) is 54.3 Å². The van der Waals surface area contributed by atoms with Gasteiger partial charge in [0.15, 0.2) is 15.6 Å². The molecule has 1 fully saturated rings. The lowest BCUT2D eigenvalue weighted by molar-refractivity contribution is 0.0803. The smallest absolute Gasteiger partial charge is 0.163 e. The molecule has 1 aliphatic heterocycles. The molecule has 1 saturated heterocycles. The molecule has 3 rings (SSSR count). The molecule has 2 aromatic rings. The van der Waals surface area contributed by atoms with Crippen molar-refractivity contribution in [2.24, 2.45) is 0 Å². The van der Waals surface area contributed by atoms with Crippen LogP contribution in [-0.4, -0.2) is 56.2 Å². The van der Waals surface area contributed by atoms with Crippen LogP contribution in [0.3, 0.4) is 0 Å². The van der Waals surface area contributed by atoms with Gasteiger partial charge in [0.1, 0.15) is 12.3 Å². The van der Waals surface area contributed by atoms with Gasteiger partial charge in [-0.05, 0) is 12.1 Å². The number of hydrogen-bond acceptors (Lipinski definition) is 6. The van der Waals surface area contributed by atoms with E-state index in [-0.39, 0.29) is 11.5 Å². The fourth-order valence-electron chi connectivity index (χ4n) is 2.51. The normalized spacial score (nSPS) is 17.7. The molecule has 0 amide bonds. The minimum Gasteiger partial charge on any atom is -0.372 e. The molecule has 0 spiro atoms. The van der Waals surface area contributed by atoms with Gasteiger partial charge in [0.05, 0.1) is 28.2 Å². The largest absolute Gasteiger partial charge is 0.372 e. The molecule has 0 atom stereocenters. The van der Waals surface area contributed by atoms with Gasteiger partial charge in [0, 0.05) is 31.3 Å². The lowest BCUT2D eigenvalue weighted by atomic mass is 10.1. The number of ether oxygens (including phenoxy) is 1. The predicted octanol–water partition coefficient (Wildman–Crippen LogP) is 2.90. The molecule has 9 heteroatoms. The van der Waals surface area contributed by atoms with Gasteiger partial charge in [-0.2, -0.15) is 0 Å². The second-order valence-electron chi connectivity index (χ2n) is 5.85. The molecule has 6 nitrogen and oxygen atoms in total. The molecule has 0 unspecified atom stereocenters. The number of sulfone groups is 1. The molecule has 2 heterocycles. The van der Waals surface area contributed by atoms with Crippen LogP contribution < -0.4 is 0 Å². The van der Waals surface area contributed by atoms with Crippen molar-refractivity contribution in [2.45, 2.75) is 6.61 Å². The lowest BCUT2D eigenvalue weighted by Gasteiger charge is -2.26. The van der Waals surface area contributed by atoms with E-state index in [1.54, 1.807) is 18.2 Å². The average Bonchev–Trinajstić information content (AvgIpc) is 3.04. The predicted molar refractivity (Wildman–Crippen MR) is 96.7 cm³/mol. The Morgan fingerprint density at radius 2 is 1.92 bits per heavy atom. The number of rotatable bonds is 6. The fourth-order valence-corrected chi connectivity index (χ4v) is 4.09. The summed E-state index contributed by atoms with van der Waals surface area (Å²) in [6.45, 7) is 2.64. The van der Waals surface area contributed by atoms with Crippen LogP contribution in [0.5, 0.6) is 0 Å². The van der Waals surface area contributed by atoms with Gasteiger partial charge in [-0.1, -0.05) is 34.4 Å². The summed E-state index contributed by atoms with van der Waals surface area (Å²) < 4.78 is 33.6. The molecule has 1 aliphatic rings. The van der Waals surface area contributed by atoms with Crippen LogP contribution in [0.2, 0.25) is 10.0 Å². The van der Waals surface area contributed by atoms with E-state index in [1.807, 2.05) is 6.07 Å². The second kappa shape index (κ2) is 8.05. The first-order valence-electron chi connectivity index (χ1n) is 7.84. The monoisotopic (exact) mass is 404 g/mol. The first-order chi connectivity index (χ1) is 11.9. The fraction of sp³-hybridized carbons (Fsp3) is 0.438. The zero-order chi connectivity index (χ0) is 17.9. The molecule has 1 aromatic carbocycles. The highest BCUT2D eigenvalue weighted by Crippen LogP contribution is 2.28. The van der Waals surface area contributed by atoms with Crippen LogP contribution in [0.15, 0.2) is 28.8 Å². The number of hydrogen-bond donors (Lipinski definition) is 0. The van der Waals surface area contributed by atoms with E-state index in [2.05, 4.69) is 10.1 Å². The van der Waals surface area contributed by atoms with Crippen LogP contribution in [0.1, 0.15) is 5.76 Å².